The zero-order valence-corrected chi connectivity index (χ0v) is 13.4. The summed E-state index contributed by atoms with van der Waals surface area (Å²) in [5.41, 5.74) is 1.46. The minimum atomic E-state index is -0.147. The smallest absolute Gasteiger partial charge is 0.279 e. The SMILES string of the molecule is Cn1c(=O)c(-c2cccs2)nc2cnc(N3CCOCC3)nc21. The highest BCUT2D eigenvalue weighted by atomic mass is 32.1. The van der Waals surface area contributed by atoms with Crippen LogP contribution < -0.4 is 10.5 Å². The van der Waals surface area contributed by atoms with Crippen LogP contribution in [0.15, 0.2) is 28.5 Å². The largest absolute Gasteiger partial charge is 0.378 e. The minimum Gasteiger partial charge on any atom is -0.378 e. The molecule has 0 N–H and O–H groups in total. The Labute approximate surface area is 136 Å². The summed E-state index contributed by atoms with van der Waals surface area (Å²) in [5, 5.41) is 1.93. The Balaban J connectivity index is 1.85. The van der Waals surface area contributed by atoms with Crippen LogP contribution in [-0.4, -0.2) is 45.8 Å². The van der Waals surface area contributed by atoms with Gasteiger partial charge in [-0.05, 0) is 11.4 Å². The molecule has 118 valence electrons. The molecule has 7 nitrogen and oxygen atoms in total. The monoisotopic (exact) mass is 329 g/mol. The first kappa shape index (κ1) is 14.3. The van der Waals surface area contributed by atoms with Gasteiger partial charge in [-0.2, -0.15) is 4.98 Å². The molecule has 0 radical (unpaired) electrons. The Kier molecular flexibility index (Phi) is 3.55. The lowest BCUT2D eigenvalue weighted by Crippen LogP contribution is -2.37. The lowest BCUT2D eigenvalue weighted by molar-refractivity contribution is 0.122. The molecule has 1 aliphatic heterocycles. The molecule has 0 atom stereocenters. The van der Waals surface area contributed by atoms with Gasteiger partial charge >= 0.3 is 0 Å². The summed E-state index contributed by atoms with van der Waals surface area (Å²) in [4.78, 5) is 28.9. The van der Waals surface area contributed by atoms with Gasteiger partial charge in [0.1, 0.15) is 11.2 Å². The summed E-state index contributed by atoms with van der Waals surface area (Å²) < 4.78 is 6.89. The molecule has 8 heteroatoms. The van der Waals surface area contributed by atoms with Crippen LogP contribution in [0.4, 0.5) is 5.95 Å². The van der Waals surface area contributed by atoms with E-state index < -0.39 is 0 Å². The highest BCUT2D eigenvalue weighted by Crippen LogP contribution is 2.22. The van der Waals surface area contributed by atoms with Crippen LogP contribution in [0.5, 0.6) is 0 Å². The van der Waals surface area contributed by atoms with E-state index in [-0.39, 0.29) is 5.56 Å². The zero-order valence-electron chi connectivity index (χ0n) is 12.6. The molecule has 1 fully saturated rings. The maximum absolute atomic E-state index is 12.6. The van der Waals surface area contributed by atoms with Gasteiger partial charge in [0.15, 0.2) is 5.65 Å². The van der Waals surface area contributed by atoms with Crippen molar-refractivity contribution in [3.05, 3.63) is 34.1 Å². The molecule has 4 heterocycles. The Morgan fingerprint density at radius 1 is 1.26 bits per heavy atom. The first-order valence-corrected chi connectivity index (χ1v) is 8.22. The van der Waals surface area contributed by atoms with Crippen molar-refractivity contribution in [2.45, 2.75) is 0 Å². The van der Waals surface area contributed by atoms with E-state index in [2.05, 4.69) is 19.9 Å². The first-order valence-electron chi connectivity index (χ1n) is 7.34. The molecule has 0 bridgehead atoms. The average molecular weight is 329 g/mol. The van der Waals surface area contributed by atoms with Crippen molar-refractivity contribution in [3.8, 4) is 10.6 Å². The molecule has 0 amide bonds. The Morgan fingerprint density at radius 3 is 2.83 bits per heavy atom. The number of rotatable bonds is 2. The summed E-state index contributed by atoms with van der Waals surface area (Å²) in [6.07, 6.45) is 1.68. The number of nitrogens with zero attached hydrogens (tertiary/aromatic N) is 5. The lowest BCUT2D eigenvalue weighted by atomic mass is 10.3. The molecule has 3 aromatic rings. The van der Waals surface area contributed by atoms with Crippen LogP contribution in [0.3, 0.4) is 0 Å². The topological polar surface area (TPSA) is 73.1 Å². The number of anilines is 1. The normalized spacial score (nSPS) is 15.3. The Bertz CT molecular complexity index is 900. The molecular formula is C15H15N5O2S. The van der Waals surface area contributed by atoms with E-state index in [4.69, 9.17) is 4.74 Å². The number of aryl methyl sites for hydroxylation is 1. The van der Waals surface area contributed by atoms with E-state index in [1.165, 1.54) is 11.3 Å². The predicted octanol–water partition coefficient (Wildman–Crippen LogP) is 1.29. The summed E-state index contributed by atoms with van der Waals surface area (Å²) in [6, 6.07) is 3.80. The van der Waals surface area contributed by atoms with Crippen LogP contribution in [0.25, 0.3) is 21.7 Å². The van der Waals surface area contributed by atoms with Crippen molar-refractivity contribution in [1.29, 1.82) is 0 Å². The third-order valence-electron chi connectivity index (χ3n) is 3.84. The summed E-state index contributed by atoms with van der Waals surface area (Å²) in [5.74, 6) is 0.612. The van der Waals surface area contributed by atoms with E-state index >= 15 is 0 Å². The number of fused-ring (bicyclic) bond motifs is 1. The first-order chi connectivity index (χ1) is 11.2. The number of hydrogen-bond acceptors (Lipinski definition) is 7. The van der Waals surface area contributed by atoms with E-state index in [1.807, 2.05) is 17.5 Å². The van der Waals surface area contributed by atoms with Gasteiger partial charge in [0.2, 0.25) is 5.95 Å². The van der Waals surface area contributed by atoms with Gasteiger partial charge in [0.25, 0.3) is 5.56 Å². The molecule has 0 saturated carbocycles. The van der Waals surface area contributed by atoms with Gasteiger partial charge in [-0.1, -0.05) is 6.07 Å². The molecule has 0 unspecified atom stereocenters. The third-order valence-corrected chi connectivity index (χ3v) is 4.72. The molecule has 0 spiro atoms. The fourth-order valence-corrected chi connectivity index (χ4v) is 3.30. The van der Waals surface area contributed by atoms with Crippen LogP contribution in [0, 0.1) is 0 Å². The Morgan fingerprint density at radius 2 is 2.09 bits per heavy atom. The molecular weight excluding hydrogens is 314 g/mol. The van der Waals surface area contributed by atoms with Gasteiger partial charge < -0.3 is 9.64 Å². The van der Waals surface area contributed by atoms with Gasteiger partial charge in [-0.25, -0.2) is 9.97 Å². The van der Waals surface area contributed by atoms with Crippen molar-refractivity contribution in [2.24, 2.45) is 7.05 Å². The molecule has 0 aliphatic carbocycles. The number of ether oxygens (including phenoxy) is 1. The van der Waals surface area contributed by atoms with Crippen molar-refractivity contribution in [2.75, 3.05) is 31.2 Å². The maximum Gasteiger partial charge on any atom is 0.279 e. The minimum absolute atomic E-state index is 0.147. The molecule has 3 aromatic heterocycles. The second kappa shape index (κ2) is 5.71. The fraction of sp³-hybridized carbons (Fsp3) is 0.333. The zero-order chi connectivity index (χ0) is 15.8. The third kappa shape index (κ3) is 2.49. The van der Waals surface area contributed by atoms with E-state index in [0.29, 0.717) is 36.0 Å². The summed E-state index contributed by atoms with van der Waals surface area (Å²) in [7, 11) is 1.72. The molecule has 23 heavy (non-hydrogen) atoms. The predicted molar refractivity (Wildman–Crippen MR) is 88.9 cm³/mol. The molecule has 0 aromatic carbocycles. The Hall–Kier alpha value is -2.32. The van der Waals surface area contributed by atoms with Crippen LogP contribution in [0.1, 0.15) is 0 Å². The number of morpholine rings is 1. The van der Waals surface area contributed by atoms with Crippen LogP contribution in [0.2, 0.25) is 0 Å². The van der Waals surface area contributed by atoms with Crippen molar-refractivity contribution in [3.63, 3.8) is 0 Å². The number of hydrogen-bond donors (Lipinski definition) is 0. The fourth-order valence-electron chi connectivity index (χ4n) is 2.60. The molecule has 1 aliphatic rings. The standard InChI is InChI=1S/C15H15N5O2S/c1-19-13-10(17-12(14(19)21)11-3-2-8-23-11)9-16-15(18-13)20-4-6-22-7-5-20/h2-3,8-9H,4-7H2,1H3. The maximum atomic E-state index is 12.6. The average Bonchev–Trinajstić information content (AvgIpc) is 3.13. The van der Waals surface area contributed by atoms with E-state index in [1.54, 1.807) is 17.8 Å². The van der Waals surface area contributed by atoms with E-state index in [0.717, 1.165) is 18.0 Å². The second-order valence-corrected chi connectivity index (χ2v) is 6.23. The highest BCUT2D eigenvalue weighted by Gasteiger charge is 2.17. The lowest BCUT2D eigenvalue weighted by Gasteiger charge is -2.26. The van der Waals surface area contributed by atoms with Crippen molar-refractivity contribution < 1.29 is 4.74 Å². The van der Waals surface area contributed by atoms with Gasteiger partial charge in [0, 0.05) is 20.1 Å². The van der Waals surface area contributed by atoms with Crippen LogP contribution in [-0.2, 0) is 11.8 Å². The van der Waals surface area contributed by atoms with Crippen molar-refractivity contribution in [1.82, 2.24) is 19.5 Å². The second-order valence-electron chi connectivity index (χ2n) is 5.28. The quantitative estimate of drug-likeness (QED) is 0.705. The van der Waals surface area contributed by atoms with Gasteiger partial charge in [-0.15, -0.1) is 11.3 Å². The highest BCUT2D eigenvalue weighted by molar-refractivity contribution is 7.13. The molecule has 1 saturated heterocycles. The summed E-state index contributed by atoms with van der Waals surface area (Å²) in [6.45, 7) is 2.83. The molecule has 4 rings (SSSR count). The van der Waals surface area contributed by atoms with Gasteiger partial charge in [-0.3, -0.25) is 9.36 Å². The number of aromatic nitrogens is 4. The number of thiophene rings is 1. The van der Waals surface area contributed by atoms with Crippen molar-refractivity contribution >= 4 is 28.4 Å². The van der Waals surface area contributed by atoms with Crippen LogP contribution >= 0.6 is 11.3 Å². The van der Waals surface area contributed by atoms with Gasteiger partial charge in [0.05, 0.1) is 24.3 Å². The van der Waals surface area contributed by atoms with E-state index in [9.17, 15) is 4.79 Å². The summed E-state index contributed by atoms with van der Waals surface area (Å²) >= 11 is 1.49.